The van der Waals surface area contributed by atoms with Crippen LogP contribution in [0.2, 0.25) is 0 Å². The van der Waals surface area contributed by atoms with Gasteiger partial charge in [0.15, 0.2) is 6.29 Å². The third kappa shape index (κ3) is 10.4. The van der Waals surface area contributed by atoms with Gasteiger partial charge in [0.05, 0.1) is 36.4 Å². The van der Waals surface area contributed by atoms with Crippen molar-refractivity contribution in [3.63, 3.8) is 0 Å². The summed E-state index contributed by atoms with van der Waals surface area (Å²) in [6.07, 6.45) is -5.88. The van der Waals surface area contributed by atoms with Gasteiger partial charge in [0, 0.05) is 48.8 Å². The third-order valence-corrected chi connectivity index (χ3v) is 11.5. The summed E-state index contributed by atoms with van der Waals surface area (Å²) < 4.78 is 53.4. The van der Waals surface area contributed by atoms with Crippen molar-refractivity contribution in [2.75, 3.05) is 34.3 Å². The molecular formula is C38H65F2N3O10. The SMILES string of the molecule is CC[C@H]1OC(=O)C(C)[C@@](O)(CNCc2c(F)cc(OC)cc2F)[C@H](C)[C@@H](O[C@@H]2O[C@H](C)C[C@H](N(C)C)[C@H]2O)[C@@](C)(O)C[C@@H](C)CN[C@H](C)[C@@H](O)[C@]1(C)O. The maximum atomic E-state index is 15.0. The largest absolute Gasteiger partial charge is 0.497 e. The highest BCUT2D eigenvalue weighted by Gasteiger charge is 2.54. The average Bonchev–Trinajstić information content (AvgIpc) is 3.08. The molecule has 0 radical (unpaired) electrons. The minimum absolute atomic E-state index is 0.0142. The van der Waals surface area contributed by atoms with E-state index in [-0.39, 0.29) is 42.2 Å². The van der Waals surface area contributed by atoms with Gasteiger partial charge in [-0.05, 0) is 80.4 Å². The summed E-state index contributed by atoms with van der Waals surface area (Å²) in [7, 11) is 4.93. The number of nitrogens with one attached hydrogen (secondary N) is 2. The highest BCUT2D eigenvalue weighted by Crippen LogP contribution is 2.40. The molecule has 0 aliphatic carbocycles. The highest BCUT2D eigenvalue weighted by atomic mass is 19.1. The number of nitrogens with zero attached hydrogens (tertiary/aromatic N) is 1. The fraction of sp³-hybridized carbons (Fsp3) is 0.816. The zero-order valence-electron chi connectivity index (χ0n) is 33.2. The van der Waals surface area contributed by atoms with Gasteiger partial charge in [0.2, 0.25) is 0 Å². The molecule has 15 heteroatoms. The van der Waals surface area contributed by atoms with Crippen molar-refractivity contribution in [2.45, 2.75) is 147 Å². The molecule has 2 aliphatic rings. The fourth-order valence-corrected chi connectivity index (χ4v) is 7.98. The number of carbonyl (C=O) groups is 1. The van der Waals surface area contributed by atoms with Gasteiger partial charge >= 0.3 is 5.97 Å². The van der Waals surface area contributed by atoms with Crippen molar-refractivity contribution in [1.82, 2.24) is 15.5 Å². The number of aliphatic hydroxyl groups excluding tert-OH is 2. The van der Waals surface area contributed by atoms with Crippen LogP contribution in [0.4, 0.5) is 8.78 Å². The van der Waals surface area contributed by atoms with Gasteiger partial charge in [-0.2, -0.15) is 0 Å². The molecule has 53 heavy (non-hydrogen) atoms. The first-order valence-corrected chi connectivity index (χ1v) is 18.7. The Morgan fingerprint density at radius 2 is 1.66 bits per heavy atom. The molecule has 1 aromatic carbocycles. The number of carbonyl (C=O) groups excluding carboxylic acids is 1. The lowest BCUT2D eigenvalue weighted by atomic mass is 9.70. The Morgan fingerprint density at radius 3 is 2.21 bits per heavy atom. The molecule has 1 aromatic rings. The topological polar surface area (TPSA) is 182 Å². The Morgan fingerprint density at radius 1 is 1.06 bits per heavy atom. The van der Waals surface area contributed by atoms with Gasteiger partial charge in [-0.15, -0.1) is 0 Å². The molecular weight excluding hydrogens is 696 g/mol. The van der Waals surface area contributed by atoms with E-state index in [9.17, 15) is 39.1 Å². The average molecular weight is 762 g/mol. The predicted octanol–water partition coefficient (Wildman–Crippen LogP) is 2.08. The summed E-state index contributed by atoms with van der Waals surface area (Å²) in [5.74, 6) is -5.51. The second kappa shape index (κ2) is 18.3. The number of halogens is 2. The molecule has 306 valence electrons. The quantitative estimate of drug-likeness (QED) is 0.182. The van der Waals surface area contributed by atoms with E-state index in [1.54, 1.807) is 27.7 Å². The van der Waals surface area contributed by atoms with E-state index < -0.39 is 96.1 Å². The van der Waals surface area contributed by atoms with Crippen LogP contribution in [-0.4, -0.2) is 136 Å². The van der Waals surface area contributed by atoms with E-state index in [1.807, 2.05) is 32.8 Å². The number of benzene rings is 1. The zero-order valence-corrected chi connectivity index (χ0v) is 33.2. The van der Waals surface area contributed by atoms with Gasteiger partial charge in [-0.25, -0.2) is 8.78 Å². The van der Waals surface area contributed by atoms with Crippen LogP contribution in [0.3, 0.4) is 0 Å². The first-order chi connectivity index (χ1) is 24.5. The Bertz CT molecular complexity index is 1330. The lowest BCUT2D eigenvalue weighted by Crippen LogP contribution is -2.64. The van der Waals surface area contributed by atoms with E-state index in [4.69, 9.17) is 18.9 Å². The standard InChI is InChI=1S/C38H65F2N3O10/c1-12-30-37(8,48)32(45)24(6)42-17-20(2)16-36(7,47)33(53-35-31(44)29(43(9)10)13-21(3)51-35)22(4)38(49,23(5)34(46)52-30)19-41-18-26-27(39)14-25(50-11)15-28(26)40/h14-15,20-24,29-33,35,41-42,44-45,47-49H,12-13,16-19H2,1-11H3/t20-,21-,22-,23?,24-,29+,30-,31-,32-,33-,35+,36+,37-,38-/m1/s1. The van der Waals surface area contributed by atoms with Crippen LogP contribution in [0, 0.1) is 29.4 Å². The second-order valence-electron chi connectivity index (χ2n) is 16.2. The maximum absolute atomic E-state index is 15.0. The zero-order chi connectivity index (χ0) is 40.2. The molecule has 7 N–H and O–H groups in total. The Labute approximate surface area is 313 Å². The summed E-state index contributed by atoms with van der Waals surface area (Å²) >= 11 is 0. The molecule has 0 spiro atoms. The fourth-order valence-electron chi connectivity index (χ4n) is 7.98. The first-order valence-electron chi connectivity index (χ1n) is 18.7. The molecule has 2 aliphatic heterocycles. The predicted molar refractivity (Wildman–Crippen MR) is 194 cm³/mol. The summed E-state index contributed by atoms with van der Waals surface area (Å²) in [5.41, 5.74) is -6.13. The lowest BCUT2D eigenvalue weighted by Gasteiger charge is -2.49. The molecule has 0 saturated carbocycles. The first kappa shape index (κ1) is 45.3. The van der Waals surface area contributed by atoms with Crippen LogP contribution in [0.15, 0.2) is 12.1 Å². The molecule has 2 fully saturated rings. The van der Waals surface area contributed by atoms with Gasteiger partial charge in [0.25, 0.3) is 0 Å². The molecule has 1 unspecified atom stereocenters. The molecule has 2 saturated heterocycles. The van der Waals surface area contributed by atoms with Gasteiger partial charge in [-0.1, -0.05) is 20.8 Å². The Balaban J connectivity index is 2.16. The van der Waals surface area contributed by atoms with E-state index in [0.717, 1.165) is 12.1 Å². The van der Waals surface area contributed by atoms with Crippen LogP contribution in [0.5, 0.6) is 5.75 Å². The van der Waals surface area contributed by atoms with Crippen LogP contribution < -0.4 is 15.4 Å². The molecule has 0 bridgehead atoms. The van der Waals surface area contributed by atoms with Crippen LogP contribution in [-0.2, 0) is 25.5 Å². The third-order valence-electron chi connectivity index (χ3n) is 11.5. The van der Waals surface area contributed by atoms with E-state index in [2.05, 4.69) is 10.6 Å². The Kier molecular flexibility index (Phi) is 15.6. The monoisotopic (exact) mass is 761 g/mol. The smallest absolute Gasteiger partial charge is 0.312 e. The molecule has 13 nitrogen and oxygen atoms in total. The number of cyclic esters (lactones) is 1. The van der Waals surface area contributed by atoms with Crippen LogP contribution in [0.1, 0.15) is 80.2 Å². The number of esters is 1. The molecule has 3 rings (SSSR count). The minimum atomic E-state index is -2.16. The van der Waals surface area contributed by atoms with Crippen molar-refractivity contribution in [1.29, 1.82) is 0 Å². The summed E-state index contributed by atoms with van der Waals surface area (Å²) in [6.45, 7) is 12.5. The summed E-state index contributed by atoms with van der Waals surface area (Å²) in [4.78, 5) is 15.9. The van der Waals surface area contributed by atoms with Crippen LogP contribution >= 0.6 is 0 Å². The number of hydrogen-bond acceptors (Lipinski definition) is 13. The van der Waals surface area contributed by atoms with Crippen molar-refractivity contribution in [3.05, 3.63) is 29.3 Å². The number of rotatable bonds is 9. The summed E-state index contributed by atoms with van der Waals surface area (Å²) in [6, 6.07) is 1.04. The van der Waals surface area contributed by atoms with E-state index in [0.29, 0.717) is 13.0 Å². The molecule has 14 atom stereocenters. The normalized spacial score (nSPS) is 41.0. The number of methoxy groups -OCH3 is 1. The number of hydrogen-bond donors (Lipinski definition) is 7. The van der Waals surface area contributed by atoms with Crippen molar-refractivity contribution >= 4 is 5.97 Å². The highest BCUT2D eigenvalue weighted by molar-refractivity contribution is 5.74. The van der Waals surface area contributed by atoms with Gasteiger partial charge in [0.1, 0.15) is 41.3 Å². The van der Waals surface area contributed by atoms with Crippen LogP contribution in [0.25, 0.3) is 0 Å². The number of ether oxygens (including phenoxy) is 4. The van der Waals surface area contributed by atoms with E-state index in [1.165, 1.54) is 21.0 Å². The van der Waals surface area contributed by atoms with Gasteiger partial charge < -0.3 is 60.0 Å². The van der Waals surface area contributed by atoms with Crippen molar-refractivity contribution in [3.8, 4) is 5.75 Å². The van der Waals surface area contributed by atoms with E-state index >= 15 is 0 Å². The molecule has 2 heterocycles. The second-order valence-corrected chi connectivity index (χ2v) is 16.2. The number of likely N-dealkylation sites (N-methyl/N-ethyl adjacent to an activating group) is 1. The molecule has 0 amide bonds. The van der Waals surface area contributed by atoms with Crippen molar-refractivity contribution in [2.24, 2.45) is 17.8 Å². The number of aliphatic hydroxyl groups is 5. The van der Waals surface area contributed by atoms with Gasteiger partial charge in [-0.3, -0.25) is 4.79 Å². The lowest BCUT2D eigenvalue weighted by molar-refractivity contribution is -0.304. The Hall–Kier alpha value is -2.05. The summed E-state index contributed by atoms with van der Waals surface area (Å²) in [5, 5.41) is 65.5. The minimum Gasteiger partial charge on any atom is -0.497 e. The molecule has 0 aromatic heterocycles. The maximum Gasteiger partial charge on any atom is 0.312 e. The van der Waals surface area contributed by atoms with Crippen molar-refractivity contribution < 1.29 is 58.1 Å².